The van der Waals surface area contributed by atoms with Crippen molar-refractivity contribution in [3.63, 3.8) is 0 Å². The molecule has 0 aliphatic heterocycles. The highest BCUT2D eigenvalue weighted by Crippen LogP contribution is 2.36. The standard InChI is InChI=1S/C19H16BrN3O4S/c1-26-16-8-12(7-14(20)18(16)27-10-17(24)25)9-21-23-19-22-15(11-28-19)13-5-3-2-4-6-13/h2-9,11H,10H2,1H3,(H,22,23)(H,24,25). The summed E-state index contributed by atoms with van der Waals surface area (Å²) in [6, 6.07) is 13.3. The highest BCUT2D eigenvalue weighted by molar-refractivity contribution is 9.10. The Labute approximate surface area is 173 Å². The van der Waals surface area contributed by atoms with Crippen LogP contribution in [0.1, 0.15) is 5.56 Å². The number of methoxy groups -OCH3 is 1. The first kappa shape index (κ1) is 19.8. The van der Waals surface area contributed by atoms with Crippen LogP contribution in [-0.4, -0.2) is 36.0 Å². The minimum absolute atomic E-state index is 0.322. The first-order valence-electron chi connectivity index (χ1n) is 8.09. The number of carboxylic acid groups (broad SMARTS) is 1. The Kier molecular flexibility index (Phi) is 6.62. The topological polar surface area (TPSA) is 93.0 Å². The predicted molar refractivity (Wildman–Crippen MR) is 113 cm³/mol. The Morgan fingerprint density at radius 2 is 2.14 bits per heavy atom. The quantitative estimate of drug-likeness (QED) is 0.379. The van der Waals surface area contributed by atoms with Crippen LogP contribution >= 0.6 is 27.3 Å². The number of aliphatic carboxylic acids is 1. The number of nitrogens with zero attached hydrogens (tertiary/aromatic N) is 2. The molecule has 0 saturated carbocycles. The van der Waals surface area contributed by atoms with Crippen molar-refractivity contribution in [3.8, 4) is 22.8 Å². The van der Waals surface area contributed by atoms with Crippen LogP contribution in [0.4, 0.5) is 5.13 Å². The Morgan fingerprint density at radius 1 is 1.36 bits per heavy atom. The summed E-state index contributed by atoms with van der Waals surface area (Å²) in [6.07, 6.45) is 1.61. The first-order valence-corrected chi connectivity index (χ1v) is 9.76. The molecule has 0 saturated heterocycles. The largest absolute Gasteiger partial charge is 0.493 e. The van der Waals surface area contributed by atoms with Crippen LogP contribution in [0, 0.1) is 0 Å². The maximum atomic E-state index is 10.7. The van der Waals surface area contributed by atoms with Crippen molar-refractivity contribution in [2.24, 2.45) is 5.10 Å². The summed E-state index contributed by atoms with van der Waals surface area (Å²) in [5, 5.41) is 15.6. The van der Waals surface area contributed by atoms with E-state index in [1.54, 1.807) is 18.3 Å². The second kappa shape index (κ2) is 9.34. The molecule has 0 aliphatic carbocycles. The molecule has 1 aromatic heterocycles. The highest BCUT2D eigenvalue weighted by atomic mass is 79.9. The number of rotatable bonds is 8. The third-order valence-corrected chi connectivity index (χ3v) is 4.88. The minimum atomic E-state index is -1.07. The molecule has 3 rings (SSSR count). The van der Waals surface area contributed by atoms with Gasteiger partial charge in [0.2, 0.25) is 5.13 Å². The molecule has 144 valence electrons. The Balaban J connectivity index is 1.70. The van der Waals surface area contributed by atoms with Gasteiger partial charge in [-0.15, -0.1) is 11.3 Å². The third-order valence-electron chi connectivity index (χ3n) is 3.54. The zero-order chi connectivity index (χ0) is 19.9. The van der Waals surface area contributed by atoms with Gasteiger partial charge in [0.05, 0.1) is 23.5 Å². The zero-order valence-corrected chi connectivity index (χ0v) is 17.2. The zero-order valence-electron chi connectivity index (χ0n) is 14.8. The molecular weight excluding hydrogens is 446 g/mol. The molecule has 28 heavy (non-hydrogen) atoms. The van der Waals surface area contributed by atoms with E-state index in [0.29, 0.717) is 21.1 Å². The van der Waals surface area contributed by atoms with Gasteiger partial charge in [-0.05, 0) is 33.6 Å². The molecule has 0 fully saturated rings. The van der Waals surface area contributed by atoms with E-state index in [1.165, 1.54) is 18.4 Å². The summed E-state index contributed by atoms with van der Waals surface area (Å²) in [5.74, 6) is -0.345. The van der Waals surface area contributed by atoms with E-state index in [0.717, 1.165) is 16.8 Å². The van der Waals surface area contributed by atoms with Crippen molar-refractivity contribution in [2.45, 2.75) is 0 Å². The van der Waals surface area contributed by atoms with Crippen molar-refractivity contribution >= 4 is 44.6 Å². The molecule has 0 atom stereocenters. The number of nitrogens with one attached hydrogen (secondary N) is 1. The van der Waals surface area contributed by atoms with Crippen LogP contribution in [0.3, 0.4) is 0 Å². The van der Waals surface area contributed by atoms with Gasteiger partial charge in [-0.25, -0.2) is 9.78 Å². The van der Waals surface area contributed by atoms with E-state index >= 15 is 0 Å². The molecule has 2 N–H and O–H groups in total. The molecule has 7 nitrogen and oxygen atoms in total. The normalized spacial score (nSPS) is 10.8. The Bertz CT molecular complexity index is 992. The lowest BCUT2D eigenvalue weighted by molar-refractivity contribution is -0.139. The van der Waals surface area contributed by atoms with Crippen LogP contribution in [0.15, 0.2) is 57.4 Å². The first-order chi connectivity index (χ1) is 13.6. The van der Waals surface area contributed by atoms with E-state index in [-0.39, 0.29) is 0 Å². The van der Waals surface area contributed by atoms with Gasteiger partial charge in [-0.1, -0.05) is 30.3 Å². The van der Waals surface area contributed by atoms with Gasteiger partial charge >= 0.3 is 5.97 Å². The van der Waals surface area contributed by atoms with Gasteiger partial charge in [0.25, 0.3) is 0 Å². The number of ether oxygens (including phenoxy) is 2. The van der Waals surface area contributed by atoms with E-state index in [2.05, 4.69) is 31.4 Å². The second-order valence-corrected chi connectivity index (χ2v) is 7.20. The third kappa shape index (κ3) is 5.08. The van der Waals surface area contributed by atoms with Crippen molar-refractivity contribution in [2.75, 3.05) is 19.1 Å². The van der Waals surface area contributed by atoms with Crippen molar-refractivity contribution in [1.82, 2.24) is 4.98 Å². The summed E-state index contributed by atoms with van der Waals surface area (Å²) in [4.78, 5) is 15.2. The molecule has 0 unspecified atom stereocenters. The smallest absolute Gasteiger partial charge is 0.341 e. The summed E-state index contributed by atoms with van der Waals surface area (Å²) in [7, 11) is 1.48. The number of thiazole rings is 1. The lowest BCUT2D eigenvalue weighted by Crippen LogP contribution is -2.10. The molecule has 3 aromatic rings. The number of hydrogen-bond donors (Lipinski definition) is 2. The van der Waals surface area contributed by atoms with Gasteiger partial charge in [0.15, 0.2) is 18.1 Å². The number of aromatic nitrogens is 1. The summed E-state index contributed by atoms with van der Waals surface area (Å²) >= 11 is 4.82. The number of halogens is 1. The molecule has 0 radical (unpaired) electrons. The number of carbonyl (C=O) groups is 1. The van der Waals surface area contributed by atoms with Crippen LogP contribution in [-0.2, 0) is 4.79 Å². The predicted octanol–water partition coefficient (Wildman–Crippen LogP) is 4.49. The molecule has 0 aliphatic rings. The van der Waals surface area contributed by atoms with Crippen molar-refractivity contribution < 1.29 is 19.4 Å². The fraction of sp³-hybridized carbons (Fsp3) is 0.105. The van der Waals surface area contributed by atoms with Gasteiger partial charge in [-0.3, -0.25) is 5.43 Å². The van der Waals surface area contributed by atoms with E-state index < -0.39 is 12.6 Å². The summed E-state index contributed by atoms with van der Waals surface area (Å²) in [5.41, 5.74) is 5.57. The lowest BCUT2D eigenvalue weighted by atomic mass is 10.2. The molecule has 1 heterocycles. The van der Waals surface area contributed by atoms with E-state index in [9.17, 15) is 4.79 Å². The molecule has 0 spiro atoms. The average molecular weight is 462 g/mol. The SMILES string of the molecule is COc1cc(C=NNc2nc(-c3ccccc3)cs2)cc(Br)c1OCC(=O)O. The van der Waals surface area contributed by atoms with E-state index in [1.807, 2.05) is 35.7 Å². The van der Waals surface area contributed by atoms with Gasteiger partial charge in [-0.2, -0.15) is 5.10 Å². The maximum absolute atomic E-state index is 10.7. The van der Waals surface area contributed by atoms with Gasteiger partial charge < -0.3 is 14.6 Å². The fourth-order valence-corrected chi connectivity index (χ4v) is 3.56. The molecule has 2 aromatic carbocycles. The van der Waals surface area contributed by atoms with Crippen LogP contribution in [0.2, 0.25) is 0 Å². The van der Waals surface area contributed by atoms with Crippen LogP contribution in [0.5, 0.6) is 11.5 Å². The summed E-state index contributed by atoms with van der Waals surface area (Å²) in [6.45, 7) is -0.461. The highest BCUT2D eigenvalue weighted by Gasteiger charge is 2.12. The molecule has 9 heteroatoms. The maximum Gasteiger partial charge on any atom is 0.341 e. The van der Waals surface area contributed by atoms with Crippen molar-refractivity contribution in [3.05, 3.63) is 57.9 Å². The number of benzene rings is 2. The lowest BCUT2D eigenvalue weighted by Gasteiger charge is -2.12. The number of hydrogen-bond acceptors (Lipinski definition) is 7. The van der Waals surface area contributed by atoms with Gasteiger partial charge in [0, 0.05) is 10.9 Å². The van der Waals surface area contributed by atoms with Crippen LogP contribution < -0.4 is 14.9 Å². The molecule has 0 bridgehead atoms. The monoisotopic (exact) mass is 461 g/mol. The average Bonchev–Trinajstić information content (AvgIpc) is 3.16. The molecular formula is C19H16BrN3O4S. The van der Waals surface area contributed by atoms with E-state index in [4.69, 9.17) is 14.6 Å². The molecule has 0 amide bonds. The fourth-order valence-electron chi connectivity index (χ4n) is 2.32. The van der Waals surface area contributed by atoms with Crippen LogP contribution in [0.25, 0.3) is 11.3 Å². The Hall–Kier alpha value is -2.91. The second-order valence-electron chi connectivity index (χ2n) is 5.49. The van der Waals surface area contributed by atoms with Crippen molar-refractivity contribution in [1.29, 1.82) is 0 Å². The minimum Gasteiger partial charge on any atom is -0.493 e. The number of anilines is 1. The Morgan fingerprint density at radius 3 is 2.86 bits per heavy atom. The number of carboxylic acids is 1. The van der Waals surface area contributed by atoms with Gasteiger partial charge in [0.1, 0.15) is 0 Å². The number of hydrazone groups is 1. The summed E-state index contributed by atoms with van der Waals surface area (Å²) < 4.78 is 11.1.